The molecule has 1 aromatic rings. The predicted molar refractivity (Wildman–Crippen MR) is 63.6 cm³/mol. The van der Waals surface area contributed by atoms with E-state index in [0.717, 1.165) is 0 Å². The summed E-state index contributed by atoms with van der Waals surface area (Å²) in [6, 6.07) is 5.90. The molecule has 90 valence electrons. The van der Waals surface area contributed by atoms with E-state index in [1.54, 1.807) is 12.1 Å². The fourth-order valence-electron chi connectivity index (χ4n) is 1.60. The lowest BCUT2D eigenvalue weighted by Gasteiger charge is -2.07. The molecule has 1 N–H and O–H groups in total. The summed E-state index contributed by atoms with van der Waals surface area (Å²) in [6.07, 6.45) is 0.565. The van der Waals surface area contributed by atoms with Gasteiger partial charge in [0.1, 0.15) is 0 Å². The maximum atomic E-state index is 10.9. The third kappa shape index (κ3) is 2.90. The molecule has 5 nitrogen and oxygen atoms in total. The Hall–Kier alpha value is -2.17. The molecule has 0 unspecified atom stereocenters. The normalized spacial score (nSPS) is 11.9. The minimum absolute atomic E-state index is 0.00261. The summed E-state index contributed by atoms with van der Waals surface area (Å²) in [5.74, 6) is -0.972. The SMILES string of the molecule is CC/C(=C(/C)C(=O)O)c1ccc([N+](=O)[O-])cc1. The van der Waals surface area contributed by atoms with E-state index in [1.165, 1.54) is 19.1 Å². The molecule has 0 spiro atoms. The number of carboxylic acid groups (broad SMARTS) is 1. The predicted octanol–water partition coefficient (Wildman–Crippen LogP) is 2.86. The monoisotopic (exact) mass is 235 g/mol. The Morgan fingerprint density at radius 3 is 2.24 bits per heavy atom. The third-order valence-corrected chi connectivity index (χ3v) is 2.55. The number of nitro benzene ring substituents is 1. The number of allylic oxidation sites excluding steroid dienone is 1. The zero-order chi connectivity index (χ0) is 13.0. The molecule has 17 heavy (non-hydrogen) atoms. The molecule has 0 radical (unpaired) electrons. The molecular formula is C12H13NO4. The third-order valence-electron chi connectivity index (χ3n) is 2.55. The number of nitro groups is 1. The van der Waals surface area contributed by atoms with Crippen LogP contribution in [0.2, 0.25) is 0 Å². The first kappa shape index (κ1) is 12.9. The summed E-state index contributed by atoms with van der Waals surface area (Å²) in [5.41, 5.74) is 1.66. The second-order valence-corrected chi connectivity index (χ2v) is 3.57. The number of carbonyl (C=O) groups is 1. The Morgan fingerprint density at radius 1 is 1.35 bits per heavy atom. The Morgan fingerprint density at radius 2 is 1.88 bits per heavy atom. The highest BCUT2D eigenvalue weighted by Gasteiger charge is 2.11. The summed E-state index contributed by atoms with van der Waals surface area (Å²) < 4.78 is 0. The number of hydrogen-bond donors (Lipinski definition) is 1. The molecule has 0 fully saturated rings. The Kier molecular flexibility index (Phi) is 3.98. The van der Waals surface area contributed by atoms with Gasteiger partial charge in [-0.2, -0.15) is 0 Å². The lowest BCUT2D eigenvalue weighted by atomic mass is 9.98. The van der Waals surface area contributed by atoms with E-state index < -0.39 is 10.9 Å². The van der Waals surface area contributed by atoms with Crippen molar-refractivity contribution >= 4 is 17.2 Å². The van der Waals surface area contributed by atoms with Crippen LogP contribution in [0.5, 0.6) is 0 Å². The van der Waals surface area contributed by atoms with Crippen molar-refractivity contribution < 1.29 is 14.8 Å². The summed E-state index contributed by atoms with van der Waals surface area (Å²) in [7, 11) is 0. The standard InChI is InChI=1S/C12H13NO4/c1-3-11(8(2)12(14)15)9-4-6-10(7-5-9)13(16)17/h4-7H,3H2,1-2H3,(H,14,15)/b11-8+. The van der Waals surface area contributed by atoms with E-state index in [0.29, 0.717) is 17.6 Å². The molecule has 0 aliphatic rings. The average molecular weight is 235 g/mol. The van der Waals surface area contributed by atoms with Gasteiger partial charge in [0.05, 0.1) is 4.92 Å². The fourth-order valence-corrected chi connectivity index (χ4v) is 1.60. The van der Waals surface area contributed by atoms with E-state index in [2.05, 4.69) is 0 Å². The Bertz CT molecular complexity index is 474. The molecule has 0 bridgehead atoms. The van der Waals surface area contributed by atoms with Crippen molar-refractivity contribution in [3.8, 4) is 0 Å². The van der Waals surface area contributed by atoms with Crippen LogP contribution in [-0.2, 0) is 4.79 Å². The maximum Gasteiger partial charge on any atom is 0.331 e. The molecule has 1 aromatic carbocycles. The average Bonchev–Trinajstić information content (AvgIpc) is 2.30. The van der Waals surface area contributed by atoms with Gasteiger partial charge in [-0.1, -0.05) is 6.92 Å². The number of carboxylic acids is 1. The smallest absolute Gasteiger partial charge is 0.331 e. The first-order chi connectivity index (χ1) is 7.97. The number of non-ortho nitro benzene ring substituents is 1. The van der Waals surface area contributed by atoms with Gasteiger partial charge in [-0.15, -0.1) is 0 Å². The molecule has 0 heterocycles. The number of rotatable bonds is 4. The van der Waals surface area contributed by atoms with Gasteiger partial charge >= 0.3 is 5.97 Å². The van der Waals surface area contributed by atoms with Gasteiger partial charge in [-0.25, -0.2) is 4.79 Å². The van der Waals surface area contributed by atoms with Crippen LogP contribution in [0.4, 0.5) is 5.69 Å². The van der Waals surface area contributed by atoms with Crippen molar-refractivity contribution in [1.29, 1.82) is 0 Å². The minimum Gasteiger partial charge on any atom is -0.478 e. The Balaban J connectivity index is 3.19. The van der Waals surface area contributed by atoms with Crippen LogP contribution in [0.25, 0.3) is 5.57 Å². The van der Waals surface area contributed by atoms with Crippen molar-refractivity contribution in [2.45, 2.75) is 20.3 Å². The van der Waals surface area contributed by atoms with E-state index in [1.807, 2.05) is 6.92 Å². The summed E-state index contributed by atoms with van der Waals surface area (Å²) >= 11 is 0. The molecular weight excluding hydrogens is 222 g/mol. The summed E-state index contributed by atoms with van der Waals surface area (Å²) in [4.78, 5) is 20.9. The molecule has 0 aromatic heterocycles. The largest absolute Gasteiger partial charge is 0.478 e. The second-order valence-electron chi connectivity index (χ2n) is 3.57. The zero-order valence-electron chi connectivity index (χ0n) is 9.64. The summed E-state index contributed by atoms with van der Waals surface area (Å²) in [5, 5.41) is 19.4. The first-order valence-electron chi connectivity index (χ1n) is 5.15. The second kappa shape index (κ2) is 5.25. The molecule has 0 saturated heterocycles. The highest BCUT2D eigenvalue weighted by molar-refractivity contribution is 5.95. The molecule has 0 atom stereocenters. The Labute approximate surface area is 98.5 Å². The van der Waals surface area contributed by atoms with Gasteiger partial charge in [0.25, 0.3) is 5.69 Å². The molecule has 1 rings (SSSR count). The number of aliphatic carboxylic acids is 1. The molecule has 0 amide bonds. The van der Waals surface area contributed by atoms with Crippen LogP contribution in [0, 0.1) is 10.1 Å². The topological polar surface area (TPSA) is 80.4 Å². The quantitative estimate of drug-likeness (QED) is 0.494. The van der Waals surface area contributed by atoms with Crippen LogP contribution >= 0.6 is 0 Å². The van der Waals surface area contributed by atoms with Crippen molar-refractivity contribution in [2.24, 2.45) is 0 Å². The van der Waals surface area contributed by atoms with Gasteiger partial charge in [0.15, 0.2) is 0 Å². The first-order valence-corrected chi connectivity index (χ1v) is 5.15. The van der Waals surface area contributed by atoms with Crippen molar-refractivity contribution in [2.75, 3.05) is 0 Å². The number of hydrogen-bond acceptors (Lipinski definition) is 3. The van der Waals surface area contributed by atoms with Gasteiger partial charge in [0.2, 0.25) is 0 Å². The molecule has 5 heteroatoms. The lowest BCUT2D eigenvalue weighted by molar-refractivity contribution is -0.384. The van der Waals surface area contributed by atoms with Gasteiger partial charge in [-0.05, 0) is 36.6 Å². The van der Waals surface area contributed by atoms with E-state index >= 15 is 0 Å². The molecule has 0 aliphatic heterocycles. The highest BCUT2D eigenvalue weighted by Crippen LogP contribution is 2.24. The zero-order valence-corrected chi connectivity index (χ0v) is 9.64. The van der Waals surface area contributed by atoms with Crippen molar-refractivity contribution in [1.82, 2.24) is 0 Å². The van der Waals surface area contributed by atoms with Gasteiger partial charge in [-0.3, -0.25) is 10.1 Å². The van der Waals surface area contributed by atoms with Crippen LogP contribution in [0.1, 0.15) is 25.8 Å². The maximum absolute atomic E-state index is 10.9. The van der Waals surface area contributed by atoms with Crippen molar-refractivity contribution in [3.63, 3.8) is 0 Å². The minimum atomic E-state index is -0.972. The van der Waals surface area contributed by atoms with Crippen LogP contribution in [0.3, 0.4) is 0 Å². The lowest BCUT2D eigenvalue weighted by Crippen LogP contribution is -2.00. The number of benzene rings is 1. The fraction of sp³-hybridized carbons (Fsp3) is 0.250. The van der Waals surface area contributed by atoms with Crippen LogP contribution in [0.15, 0.2) is 29.8 Å². The van der Waals surface area contributed by atoms with Gasteiger partial charge in [0, 0.05) is 17.7 Å². The molecule has 0 aliphatic carbocycles. The van der Waals surface area contributed by atoms with E-state index in [-0.39, 0.29) is 11.3 Å². The van der Waals surface area contributed by atoms with Gasteiger partial charge < -0.3 is 5.11 Å². The number of nitrogens with zero attached hydrogens (tertiary/aromatic N) is 1. The van der Waals surface area contributed by atoms with Crippen LogP contribution in [-0.4, -0.2) is 16.0 Å². The van der Waals surface area contributed by atoms with E-state index in [4.69, 9.17) is 5.11 Å². The summed E-state index contributed by atoms with van der Waals surface area (Å²) in [6.45, 7) is 3.38. The highest BCUT2D eigenvalue weighted by atomic mass is 16.6. The molecule has 0 saturated carbocycles. The van der Waals surface area contributed by atoms with E-state index in [9.17, 15) is 14.9 Å². The van der Waals surface area contributed by atoms with Crippen molar-refractivity contribution in [3.05, 3.63) is 45.5 Å². The van der Waals surface area contributed by atoms with Crippen LogP contribution < -0.4 is 0 Å².